The lowest BCUT2D eigenvalue weighted by atomic mass is 10.1. The summed E-state index contributed by atoms with van der Waals surface area (Å²) >= 11 is 0. The van der Waals surface area contributed by atoms with E-state index in [0.29, 0.717) is 5.82 Å². The molecule has 0 bridgehead atoms. The molecule has 0 saturated heterocycles. The number of aromatic nitrogens is 2. The molecule has 1 unspecified atom stereocenters. The van der Waals surface area contributed by atoms with Crippen LogP contribution in [0.15, 0.2) is 24.5 Å². The van der Waals surface area contributed by atoms with E-state index in [9.17, 15) is 13.6 Å². The number of H-pyrrole nitrogens is 1. The minimum absolute atomic E-state index is 0.136. The van der Waals surface area contributed by atoms with Crippen molar-refractivity contribution < 1.29 is 13.6 Å². The molecule has 19 heavy (non-hydrogen) atoms. The van der Waals surface area contributed by atoms with Gasteiger partial charge in [-0.2, -0.15) is 0 Å². The number of carbonyl (C=O) groups excluding carboxylic acids is 1. The number of amides is 1. The van der Waals surface area contributed by atoms with Gasteiger partial charge in [0.1, 0.15) is 23.1 Å². The second-order valence-electron chi connectivity index (χ2n) is 4.02. The number of hydrogen-bond donors (Lipinski definition) is 3. The molecule has 0 radical (unpaired) electrons. The lowest BCUT2D eigenvalue weighted by molar-refractivity contribution is 0.0937. The third kappa shape index (κ3) is 2.70. The summed E-state index contributed by atoms with van der Waals surface area (Å²) in [5, 5.41) is 2.57. The van der Waals surface area contributed by atoms with Crippen LogP contribution in [0, 0.1) is 11.6 Å². The number of carbonyl (C=O) groups is 1. The Labute approximate surface area is 107 Å². The van der Waals surface area contributed by atoms with Gasteiger partial charge >= 0.3 is 0 Å². The number of imidazole rings is 1. The van der Waals surface area contributed by atoms with Gasteiger partial charge in [-0.1, -0.05) is 0 Å². The lowest BCUT2D eigenvalue weighted by Crippen LogP contribution is -2.27. The standard InChI is InChI=1S/C12H12F2N4O/c1-6(11-16-2-3-17-11)18-12(19)7-4-8(13)10(15)9(14)5-7/h2-6H,15H2,1H3,(H,16,17)(H,18,19). The van der Waals surface area contributed by atoms with Crippen LogP contribution in [-0.2, 0) is 0 Å². The number of nitrogens with zero attached hydrogens (tertiary/aromatic N) is 1. The number of rotatable bonds is 3. The summed E-state index contributed by atoms with van der Waals surface area (Å²) in [7, 11) is 0. The molecule has 7 heteroatoms. The van der Waals surface area contributed by atoms with Gasteiger partial charge in [0.2, 0.25) is 0 Å². The summed E-state index contributed by atoms with van der Waals surface area (Å²) in [4.78, 5) is 18.6. The summed E-state index contributed by atoms with van der Waals surface area (Å²) in [6, 6.07) is 1.37. The second-order valence-corrected chi connectivity index (χ2v) is 4.02. The van der Waals surface area contributed by atoms with Crippen LogP contribution in [-0.4, -0.2) is 15.9 Å². The molecule has 4 N–H and O–H groups in total. The van der Waals surface area contributed by atoms with Crippen LogP contribution in [0.2, 0.25) is 0 Å². The first-order valence-corrected chi connectivity index (χ1v) is 5.53. The Morgan fingerprint density at radius 1 is 1.42 bits per heavy atom. The Hall–Kier alpha value is -2.44. The second kappa shape index (κ2) is 5.05. The Kier molecular flexibility index (Phi) is 3.46. The van der Waals surface area contributed by atoms with Crippen molar-refractivity contribution in [2.75, 3.05) is 5.73 Å². The number of hydrogen-bond acceptors (Lipinski definition) is 3. The van der Waals surface area contributed by atoms with E-state index in [2.05, 4.69) is 15.3 Å². The number of aromatic amines is 1. The van der Waals surface area contributed by atoms with Crippen LogP contribution in [0.1, 0.15) is 29.1 Å². The number of halogens is 2. The largest absolute Gasteiger partial charge is 0.394 e. The number of nitrogen functional groups attached to an aromatic ring is 1. The Bertz CT molecular complexity index is 575. The van der Waals surface area contributed by atoms with Crippen molar-refractivity contribution in [3.63, 3.8) is 0 Å². The topological polar surface area (TPSA) is 83.8 Å². The normalized spacial score (nSPS) is 12.2. The highest BCUT2D eigenvalue weighted by atomic mass is 19.1. The van der Waals surface area contributed by atoms with Crippen molar-refractivity contribution in [1.82, 2.24) is 15.3 Å². The van der Waals surface area contributed by atoms with Crippen molar-refractivity contribution >= 4 is 11.6 Å². The quantitative estimate of drug-likeness (QED) is 0.740. The van der Waals surface area contributed by atoms with Crippen molar-refractivity contribution in [1.29, 1.82) is 0 Å². The molecule has 0 aliphatic carbocycles. The Morgan fingerprint density at radius 2 is 2.05 bits per heavy atom. The molecule has 1 atom stereocenters. The first-order chi connectivity index (χ1) is 8.99. The van der Waals surface area contributed by atoms with E-state index < -0.39 is 29.3 Å². The van der Waals surface area contributed by atoms with Crippen LogP contribution in [0.4, 0.5) is 14.5 Å². The summed E-state index contributed by atoms with van der Waals surface area (Å²) < 4.78 is 26.5. The van der Waals surface area contributed by atoms with Crippen molar-refractivity contribution in [2.45, 2.75) is 13.0 Å². The predicted octanol–water partition coefficient (Wildman–Crippen LogP) is 1.76. The highest BCUT2D eigenvalue weighted by Crippen LogP contribution is 2.18. The molecule has 100 valence electrons. The summed E-state index contributed by atoms with van der Waals surface area (Å²) in [5.41, 5.74) is 4.39. The van der Waals surface area contributed by atoms with Crippen LogP contribution in [0.3, 0.4) is 0 Å². The average molecular weight is 266 g/mol. The predicted molar refractivity (Wildman–Crippen MR) is 65.2 cm³/mol. The molecule has 1 heterocycles. The molecule has 1 amide bonds. The van der Waals surface area contributed by atoms with Gasteiger partial charge < -0.3 is 16.0 Å². The van der Waals surface area contributed by atoms with Gasteiger partial charge in [-0.3, -0.25) is 4.79 Å². The monoisotopic (exact) mass is 266 g/mol. The number of anilines is 1. The summed E-state index contributed by atoms with van der Waals surface area (Å²) in [6.07, 6.45) is 3.15. The molecule has 5 nitrogen and oxygen atoms in total. The lowest BCUT2D eigenvalue weighted by Gasteiger charge is -2.12. The van der Waals surface area contributed by atoms with Gasteiger partial charge in [-0.25, -0.2) is 13.8 Å². The Balaban J connectivity index is 2.16. The molecular weight excluding hydrogens is 254 g/mol. The third-order valence-electron chi connectivity index (χ3n) is 2.62. The number of benzene rings is 1. The maximum atomic E-state index is 13.2. The van der Waals surface area contributed by atoms with Crippen LogP contribution in [0.5, 0.6) is 0 Å². The molecule has 0 fully saturated rings. The third-order valence-corrected chi connectivity index (χ3v) is 2.62. The number of nitrogens with two attached hydrogens (primary N) is 1. The van der Waals surface area contributed by atoms with Gasteiger partial charge in [-0.15, -0.1) is 0 Å². The summed E-state index contributed by atoms with van der Waals surface area (Å²) in [6.45, 7) is 1.70. The maximum Gasteiger partial charge on any atom is 0.252 e. The SMILES string of the molecule is CC(NC(=O)c1cc(F)c(N)c(F)c1)c1ncc[nH]1. The Morgan fingerprint density at radius 3 is 2.58 bits per heavy atom. The fourth-order valence-electron chi connectivity index (χ4n) is 1.58. The van der Waals surface area contributed by atoms with Crippen molar-refractivity contribution in [3.8, 4) is 0 Å². The average Bonchev–Trinajstić information content (AvgIpc) is 2.89. The molecule has 0 spiro atoms. The van der Waals surface area contributed by atoms with E-state index in [1.54, 1.807) is 19.3 Å². The first kappa shape index (κ1) is 13.0. The van der Waals surface area contributed by atoms with Crippen molar-refractivity contribution in [2.24, 2.45) is 0 Å². The van der Waals surface area contributed by atoms with Crippen LogP contribution >= 0.6 is 0 Å². The zero-order chi connectivity index (χ0) is 14.0. The van der Waals surface area contributed by atoms with Gasteiger partial charge in [0.15, 0.2) is 0 Å². The zero-order valence-corrected chi connectivity index (χ0v) is 10.1. The molecular formula is C12H12F2N4O. The first-order valence-electron chi connectivity index (χ1n) is 5.53. The van der Waals surface area contributed by atoms with Gasteiger partial charge in [0, 0.05) is 18.0 Å². The smallest absolute Gasteiger partial charge is 0.252 e. The molecule has 0 aliphatic heterocycles. The van der Waals surface area contributed by atoms with Crippen LogP contribution < -0.4 is 11.1 Å². The van der Waals surface area contributed by atoms with Gasteiger partial charge in [0.25, 0.3) is 5.91 Å². The minimum atomic E-state index is -0.962. The highest BCUT2D eigenvalue weighted by Gasteiger charge is 2.16. The molecule has 2 aromatic rings. The van der Waals surface area contributed by atoms with Crippen molar-refractivity contribution in [3.05, 3.63) is 47.5 Å². The minimum Gasteiger partial charge on any atom is -0.394 e. The highest BCUT2D eigenvalue weighted by molar-refractivity contribution is 5.94. The fraction of sp³-hybridized carbons (Fsp3) is 0.167. The molecule has 0 aliphatic rings. The van der Waals surface area contributed by atoms with E-state index in [1.807, 2.05) is 0 Å². The molecule has 2 rings (SSSR count). The summed E-state index contributed by atoms with van der Waals surface area (Å²) in [5.74, 6) is -1.99. The zero-order valence-electron chi connectivity index (χ0n) is 10.1. The van der Waals surface area contributed by atoms with E-state index >= 15 is 0 Å². The molecule has 0 saturated carbocycles. The number of nitrogens with one attached hydrogen (secondary N) is 2. The molecule has 1 aromatic heterocycles. The van der Waals surface area contributed by atoms with E-state index in [1.165, 1.54) is 0 Å². The van der Waals surface area contributed by atoms with Crippen LogP contribution in [0.25, 0.3) is 0 Å². The van der Waals surface area contributed by atoms with E-state index in [4.69, 9.17) is 5.73 Å². The molecule has 1 aromatic carbocycles. The van der Waals surface area contributed by atoms with E-state index in [0.717, 1.165) is 12.1 Å². The fourth-order valence-corrected chi connectivity index (χ4v) is 1.58. The maximum absolute atomic E-state index is 13.2. The van der Waals surface area contributed by atoms with Gasteiger partial charge in [-0.05, 0) is 19.1 Å². The van der Waals surface area contributed by atoms with E-state index in [-0.39, 0.29) is 5.56 Å². The van der Waals surface area contributed by atoms with Gasteiger partial charge in [0.05, 0.1) is 6.04 Å².